The molecule has 0 bridgehead atoms. The van der Waals surface area contributed by atoms with Crippen LogP contribution in [0.2, 0.25) is 0 Å². The predicted molar refractivity (Wildman–Crippen MR) is 119 cm³/mol. The lowest BCUT2D eigenvalue weighted by Gasteiger charge is -2.13. The van der Waals surface area contributed by atoms with Gasteiger partial charge in [-0.2, -0.15) is 4.68 Å². The zero-order chi connectivity index (χ0) is 21.5. The van der Waals surface area contributed by atoms with E-state index in [-0.39, 0.29) is 18.4 Å². The van der Waals surface area contributed by atoms with Crippen molar-refractivity contribution < 1.29 is 21.9 Å². The maximum atomic E-state index is 6.01. The Bertz CT molecular complexity index is 1120. The Morgan fingerprint density at radius 3 is 2.34 bits per heavy atom. The molecule has 8 heteroatoms. The van der Waals surface area contributed by atoms with Crippen LogP contribution in [0.25, 0.3) is 5.69 Å². The first-order valence-electron chi connectivity index (χ1n) is 10.3. The third-order valence-electron chi connectivity index (χ3n) is 4.73. The Balaban J connectivity index is 0.00000289. The SMILES string of the molecule is CCOc1cc(CNCc2ccc(C)cc2)ccc1Oc1nnnn1-c1ccccc1.[Cl-]. The molecule has 0 saturated carbocycles. The Morgan fingerprint density at radius 2 is 1.59 bits per heavy atom. The number of halogens is 1. The number of para-hydroxylation sites is 1. The van der Waals surface area contributed by atoms with Gasteiger partial charge in [-0.15, -0.1) is 0 Å². The number of nitrogens with zero attached hydrogens (tertiary/aromatic N) is 4. The van der Waals surface area contributed by atoms with Gasteiger partial charge in [0.2, 0.25) is 0 Å². The molecule has 32 heavy (non-hydrogen) atoms. The molecule has 1 heterocycles. The zero-order valence-corrected chi connectivity index (χ0v) is 18.8. The van der Waals surface area contributed by atoms with E-state index in [0.29, 0.717) is 18.1 Å². The summed E-state index contributed by atoms with van der Waals surface area (Å²) in [7, 11) is 0. The number of ether oxygens (including phenoxy) is 2. The van der Waals surface area contributed by atoms with Crippen LogP contribution in [0, 0.1) is 6.92 Å². The fourth-order valence-electron chi connectivity index (χ4n) is 3.14. The number of nitrogens with one attached hydrogen (secondary N) is 1. The molecule has 7 nitrogen and oxygen atoms in total. The number of aryl methyl sites for hydroxylation is 1. The van der Waals surface area contributed by atoms with E-state index in [1.54, 1.807) is 4.68 Å². The van der Waals surface area contributed by atoms with Gasteiger partial charge in [-0.05, 0) is 59.7 Å². The normalized spacial score (nSPS) is 10.4. The average Bonchev–Trinajstić information content (AvgIpc) is 3.26. The van der Waals surface area contributed by atoms with Crippen molar-refractivity contribution in [3.8, 4) is 23.2 Å². The Hall–Kier alpha value is -3.42. The first-order valence-corrected chi connectivity index (χ1v) is 10.3. The van der Waals surface area contributed by atoms with Crippen molar-refractivity contribution >= 4 is 0 Å². The van der Waals surface area contributed by atoms with Crippen molar-refractivity contribution in [2.75, 3.05) is 6.61 Å². The summed E-state index contributed by atoms with van der Waals surface area (Å²) >= 11 is 0. The standard InChI is InChI=1S/C24H25N5O2.ClH/c1-3-30-23-15-20(17-25-16-19-11-9-18(2)10-12-19)13-14-22(23)31-24-26-27-28-29(24)21-7-5-4-6-8-21;/h4-15,25H,3,16-17H2,1-2H3;1H/p-1. The second-order valence-corrected chi connectivity index (χ2v) is 7.11. The van der Waals surface area contributed by atoms with Crippen LogP contribution in [0.15, 0.2) is 72.8 Å². The molecule has 1 N–H and O–H groups in total. The second kappa shape index (κ2) is 11.3. The number of benzene rings is 3. The highest BCUT2D eigenvalue weighted by molar-refractivity contribution is 5.45. The van der Waals surface area contributed by atoms with E-state index in [9.17, 15) is 0 Å². The molecule has 0 spiro atoms. The molecule has 3 aromatic carbocycles. The average molecular weight is 451 g/mol. The molecular formula is C24H25ClN5O2-. The Morgan fingerprint density at radius 1 is 0.875 bits per heavy atom. The zero-order valence-electron chi connectivity index (χ0n) is 18.0. The van der Waals surface area contributed by atoms with Crippen molar-refractivity contribution in [3.63, 3.8) is 0 Å². The Labute approximate surface area is 193 Å². The third kappa shape index (κ3) is 5.84. The minimum Gasteiger partial charge on any atom is -1.00 e. The fourth-order valence-corrected chi connectivity index (χ4v) is 3.14. The van der Waals surface area contributed by atoms with Crippen LogP contribution in [-0.2, 0) is 13.1 Å². The lowest BCUT2D eigenvalue weighted by molar-refractivity contribution is -0.00000752. The molecule has 0 radical (unpaired) electrons. The minimum atomic E-state index is 0. The van der Waals surface area contributed by atoms with Gasteiger partial charge in [0.15, 0.2) is 11.5 Å². The summed E-state index contributed by atoms with van der Waals surface area (Å²) in [4.78, 5) is 0. The van der Waals surface area contributed by atoms with Gasteiger partial charge in [0.25, 0.3) is 0 Å². The lowest BCUT2D eigenvalue weighted by Crippen LogP contribution is -3.00. The highest BCUT2D eigenvalue weighted by atomic mass is 35.5. The van der Waals surface area contributed by atoms with Crippen LogP contribution in [0.5, 0.6) is 17.5 Å². The van der Waals surface area contributed by atoms with E-state index >= 15 is 0 Å². The van der Waals surface area contributed by atoms with Crippen molar-refractivity contribution in [2.24, 2.45) is 0 Å². The first-order chi connectivity index (χ1) is 15.2. The molecule has 1 aromatic heterocycles. The molecule has 0 aliphatic rings. The summed E-state index contributed by atoms with van der Waals surface area (Å²) in [5.41, 5.74) is 4.44. The maximum absolute atomic E-state index is 6.01. The van der Waals surface area contributed by atoms with Gasteiger partial charge in [-0.1, -0.05) is 59.2 Å². The van der Waals surface area contributed by atoms with Crippen LogP contribution in [0.1, 0.15) is 23.6 Å². The summed E-state index contributed by atoms with van der Waals surface area (Å²) in [5.74, 6) is 1.22. The molecule has 0 unspecified atom stereocenters. The van der Waals surface area contributed by atoms with Crippen LogP contribution >= 0.6 is 0 Å². The summed E-state index contributed by atoms with van der Waals surface area (Å²) in [5, 5.41) is 15.3. The van der Waals surface area contributed by atoms with Crippen molar-refractivity contribution in [1.29, 1.82) is 0 Å². The van der Waals surface area contributed by atoms with E-state index in [2.05, 4.69) is 52.0 Å². The van der Waals surface area contributed by atoms with Crippen LogP contribution in [0.4, 0.5) is 0 Å². The van der Waals surface area contributed by atoms with E-state index in [4.69, 9.17) is 9.47 Å². The number of hydrogen-bond donors (Lipinski definition) is 1. The summed E-state index contributed by atoms with van der Waals surface area (Å²) in [6.45, 7) is 6.08. The summed E-state index contributed by atoms with van der Waals surface area (Å²) in [6.07, 6.45) is 0. The van der Waals surface area contributed by atoms with Crippen LogP contribution < -0.4 is 27.2 Å². The highest BCUT2D eigenvalue weighted by Crippen LogP contribution is 2.32. The van der Waals surface area contributed by atoms with Crippen LogP contribution in [-0.4, -0.2) is 26.8 Å². The number of tetrazole rings is 1. The van der Waals surface area contributed by atoms with E-state index in [1.165, 1.54) is 11.1 Å². The maximum Gasteiger partial charge on any atom is 0.346 e. The first kappa shape index (κ1) is 23.2. The smallest absolute Gasteiger partial charge is 0.346 e. The van der Waals surface area contributed by atoms with Gasteiger partial charge in [-0.25, -0.2) is 0 Å². The van der Waals surface area contributed by atoms with Gasteiger partial charge in [0, 0.05) is 13.1 Å². The minimum absolute atomic E-state index is 0. The summed E-state index contributed by atoms with van der Waals surface area (Å²) < 4.78 is 13.4. The lowest BCUT2D eigenvalue weighted by atomic mass is 10.1. The van der Waals surface area contributed by atoms with Gasteiger partial charge >= 0.3 is 6.01 Å². The monoisotopic (exact) mass is 450 g/mol. The van der Waals surface area contributed by atoms with E-state index in [0.717, 1.165) is 24.3 Å². The highest BCUT2D eigenvalue weighted by Gasteiger charge is 2.14. The molecule has 0 amide bonds. The van der Waals surface area contributed by atoms with E-state index < -0.39 is 0 Å². The van der Waals surface area contributed by atoms with E-state index in [1.807, 2.05) is 55.5 Å². The van der Waals surface area contributed by atoms with Gasteiger partial charge in [-0.3, -0.25) is 0 Å². The van der Waals surface area contributed by atoms with Gasteiger partial charge in [0.05, 0.1) is 12.3 Å². The Kier molecular flexibility index (Phi) is 8.19. The van der Waals surface area contributed by atoms with Crippen molar-refractivity contribution in [1.82, 2.24) is 25.5 Å². The second-order valence-electron chi connectivity index (χ2n) is 7.11. The molecule has 0 aliphatic heterocycles. The topological polar surface area (TPSA) is 74.1 Å². The molecular weight excluding hydrogens is 426 g/mol. The molecule has 0 fully saturated rings. The number of aromatic nitrogens is 4. The number of rotatable bonds is 9. The number of hydrogen-bond acceptors (Lipinski definition) is 6. The molecule has 4 aromatic rings. The van der Waals surface area contributed by atoms with Crippen molar-refractivity contribution in [3.05, 3.63) is 89.5 Å². The molecule has 0 atom stereocenters. The van der Waals surface area contributed by atoms with Gasteiger partial charge < -0.3 is 27.2 Å². The predicted octanol–water partition coefficient (Wildman–Crippen LogP) is 1.46. The molecule has 166 valence electrons. The molecule has 0 saturated heterocycles. The summed E-state index contributed by atoms with van der Waals surface area (Å²) in [6, 6.07) is 24.3. The quantitative estimate of drug-likeness (QED) is 0.416. The van der Waals surface area contributed by atoms with Crippen molar-refractivity contribution in [2.45, 2.75) is 26.9 Å². The molecule has 0 aliphatic carbocycles. The largest absolute Gasteiger partial charge is 1.00 e. The fraction of sp³-hybridized carbons (Fsp3) is 0.208. The van der Waals surface area contributed by atoms with Crippen LogP contribution in [0.3, 0.4) is 0 Å². The van der Waals surface area contributed by atoms with Gasteiger partial charge in [0.1, 0.15) is 0 Å². The third-order valence-corrected chi connectivity index (χ3v) is 4.73. The molecule has 4 rings (SSSR count).